The summed E-state index contributed by atoms with van der Waals surface area (Å²) in [4.78, 5) is 30.2. The summed E-state index contributed by atoms with van der Waals surface area (Å²) >= 11 is 12.8. The SMILES string of the molecule is COCc1cc(=O)[nH]c(SCC(=O)Nc2ccc(Cl)c(Cl)c2)n1. The Morgan fingerprint density at radius 3 is 2.83 bits per heavy atom. The van der Waals surface area contributed by atoms with Crippen LogP contribution in [0.3, 0.4) is 0 Å². The van der Waals surface area contributed by atoms with E-state index in [2.05, 4.69) is 15.3 Å². The molecule has 1 heterocycles. The lowest BCUT2D eigenvalue weighted by atomic mass is 10.3. The third-order valence-corrected chi connectivity index (χ3v) is 4.22. The van der Waals surface area contributed by atoms with E-state index in [1.54, 1.807) is 18.2 Å². The van der Waals surface area contributed by atoms with Gasteiger partial charge >= 0.3 is 0 Å². The fourth-order valence-electron chi connectivity index (χ4n) is 1.68. The highest BCUT2D eigenvalue weighted by atomic mass is 35.5. The highest BCUT2D eigenvalue weighted by Gasteiger charge is 2.08. The average molecular weight is 374 g/mol. The van der Waals surface area contributed by atoms with Crippen LogP contribution in [0.15, 0.2) is 34.2 Å². The molecule has 122 valence electrons. The first-order valence-corrected chi connectivity index (χ1v) is 8.19. The summed E-state index contributed by atoms with van der Waals surface area (Å²) in [5.74, 6) is -0.173. The van der Waals surface area contributed by atoms with Crippen molar-refractivity contribution < 1.29 is 9.53 Å². The first-order chi connectivity index (χ1) is 11.0. The first kappa shape index (κ1) is 17.8. The molecular formula is C14H13Cl2N3O3S. The van der Waals surface area contributed by atoms with E-state index in [4.69, 9.17) is 27.9 Å². The zero-order valence-corrected chi connectivity index (χ0v) is 14.4. The summed E-state index contributed by atoms with van der Waals surface area (Å²) in [7, 11) is 1.51. The van der Waals surface area contributed by atoms with Crippen LogP contribution >= 0.6 is 35.0 Å². The number of benzene rings is 1. The molecule has 1 aromatic carbocycles. The topological polar surface area (TPSA) is 84.1 Å². The summed E-state index contributed by atoms with van der Waals surface area (Å²) in [6.45, 7) is 0.229. The summed E-state index contributed by atoms with van der Waals surface area (Å²) in [5, 5.41) is 3.81. The number of nitrogens with one attached hydrogen (secondary N) is 2. The third kappa shape index (κ3) is 5.54. The average Bonchev–Trinajstić information content (AvgIpc) is 2.49. The van der Waals surface area contributed by atoms with Crippen molar-refractivity contribution in [1.29, 1.82) is 0 Å². The van der Waals surface area contributed by atoms with Gasteiger partial charge < -0.3 is 15.0 Å². The molecule has 2 N–H and O–H groups in total. The van der Waals surface area contributed by atoms with Crippen LogP contribution in [-0.2, 0) is 16.1 Å². The van der Waals surface area contributed by atoms with Gasteiger partial charge in [-0.1, -0.05) is 35.0 Å². The largest absolute Gasteiger partial charge is 0.378 e. The monoisotopic (exact) mass is 373 g/mol. The Kier molecular flexibility index (Phi) is 6.47. The maximum atomic E-state index is 11.9. The second-order valence-corrected chi connectivity index (χ2v) is 6.22. The Balaban J connectivity index is 1.96. The summed E-state index contributed by atoms with van der Waals surface area (Å²) in [5.41, 5.74) is 0.752. The number of rotatable bonds is 6. The van der Waals surface area contributed by atoms with Crippen LogP contribution in [0.25, 0.3) is 0 Å². The van der Waals surface area contributed by atoms with Crippen molar-refractivity contribution in [3.63, 3.8) is 0 Å². The molecule has 1 amide bonds. The number of carbonyl (C=O) groups is 1. The standard InChI is InChI=1S/C14H13Cl2N3O3S/c1-22-6-9-5-12(20)19-14(18-9)23-7-13(21)17-8-2-3-10(15)11(16)4-8/h2-5H,6-7H2,1H3,(H,17,21)(H,18,19,20). The number of carbonyl (C=O) groups excluding carboxylic acids is 1. The molecule has 23 heavy (non-hydrogen) atoms. The number of anilines is 1. The van der Waals surface area contributed by atoms with E-state index in [1.165, 1.54) is 13.2 Å². The Hall–Kier alpha value is -1.54. The lowest BCUT2D eigenvalue weighted by Crippen LogP contribution is -2.16. The number of H-pyrrole nitrogens is 1. The van der Waals surface area contributed by atoms with Gasteiger partial charge in [0.15, 0.2) is 5.16 Å². The van der Waals surface area contributed by atoms with Crippen molar-refractivity contribution in [2.45, 2.75) is 11.8 Å². The number of nitrogens with zero attached hydrogens (tertiary/aromatic N) is 1. The molecule has 0 saturated heterocycles. The molecule has 2 aromatic rings. The van der Waals surface area contributed by atoms with Crippen molar-refractivity contribution >= 4 is 46.6 Å². The number of methoxy groups -OCH3 is 1. The molecule has 0 aliphatic rings. The van der Waals surface area contributed by atoms with Crippen LogP contribution in [-0.4, -0.2) is 28.7 Å². The van der Waals surface area contributed by atoms with E-state index in [1.807, 2.05) is 0 Å². The minimum Gasteiger partial charge on any atom is -0.378 e. The van der Waals surface area contributed by atoms with Gasteiger partial charge in [0.25, 0.3) is 5.56 Å². The van der Waals surface area contributed by atoms with Crippen molar-refractivity contribution in [2.75, 3.05) is 18.2 Å². The zero-order chi connectivity index (χ0) is 16.8. The zero-order valence-electron chi connectivity index (χ0n) is 12.1. The molecule has 0 aliphatic heterocycles. The van der Waals surface area contributed by atoms with Gasteiger partial charge in [0.1, 0.15) is 0 Å². The lowest BCUT2D eigenvalue weighted by Gasteiger charge is -2.06. The van der Waals surface area contributed by atoms with Crippen molar-refractivity contribution in [3.8, 4) is 0 Å². The Morgan fingerprint density at radius 1 is 1.35 bits per heavy atom. The minimum absolute atomic E-state index is 0.0830. The molecule has 0 saturated carbocycles. The molecule has 0 unspecified atom stereocenters. The summed E-state index contributed by atoms with van der Waals surface area (Å²) in [6, 6.07) is 6.16. The molecule has 0 spiro atoms. The van der Waals surface area contributed by atoms with Crippen molar-refractivity contribution in [3.05, 3.63) is 50.4 Å². The molecule has 0 atom stereocenters. The summed E-state index contributed by atoms with van der Waals surface area (Å²) in [6.07, 6.45) is 0. The molecule has 0 bridgehead atoms. The lowest BCUT2D eigenvalue weighted by molar-refractivity contribution is -0.113. The number of thioether (sulfide) groups is 1. The number of aromatic amines is 1. The fraction of sp³-hybridized carbons (Fsp3) is 0.214. The quantitative estimate of drug-likeness (QED) is 0.600. The molecule has 0 fully saturated rings. The number of hydrogen-bond acceptors (Lipinski definition) is 5. The molecular weight excluding hydrogens is 361 g/mol. The minimum atomic E-state index is -0.292. The van der Waals surface area contributed by atoms with Crippen LogP contribution < -0.4 is 10.9 Å². The van der Waals surface area contributed by atoms with Gasteiger partial charge in [-0.05, 0) is 18.2 Å². The number of hydrogen-bond donors (Lipinski definition) is 2. The Bertz CT molecular complexity index is 767. The number of amides is 1. The van der Waals surface area contributed by atoms with E-state index in [-0.39, 0.29) is 23.8 Å². The number of ether oxygens (including phenoxy) is 1. The molecule has 9 heteroatoms. The predicted molar refractivity (Wildman–Crippen MR) is 91.4 cm³/mol. The molecule has 6 nitrogen and oxygen atoms in total. The first-order valence-electron chi connectivity index (χ1n) is 6.45. The van der Waals surface area contributed by atoms with E-state index in [0.29, 0.717) is 26.6 Å². The highest BCUT2D eigenvalue weighted by molar-refractivity contribution is 7.99. The van der Waals surface area contributed by atoms with E-state index in [9.17, 15) is 9.59 Å². The van der Waals surface area contributed by atoms with Crippen LogP contribution in [0, 0.1) is 0 Å². The maximum Gasteiger partial charge on any atom is 0.251 e. The third-order valence-electron chi connectivity index (χ3n) is 2.61. The van der Waals surface area contributed by atoms with E-state index >= 15 is 0 Å². The maximum absolute atomic E-state index is 11.9. The van der Waals surface area contributed by atoms with Gasteiger partial charge in [-0.15, -0.1) is 0 Å². The predicted octanol–water partition coefficient (Wildman–Crippen LogP) is 2.95. The Morgan fingerprint density at radius 2 is 2.13 bits per heavy atom. The van der Waals surface area contributed by atoms with Crippen LogP contribution in [0.5, 0.6) is 0 Å². The van der Waals surface area contributed by atoms with Gasteiger partial charge in [0.2, 0.25) is 5.91 Å². The smallest absolute Gasteiger partial charge is 0.251 e. The van der Waals surface area contributed by atoms with Gasteiger partial charge in [-0.3, -0.25) is 9.59 Å². The van der Waals surface area contributed by atoms with Crippen LogP contribution in [0.4, 0.5) is 5.69 Å². The van der Waals surface area contributed by atoms with Crippen molar-refractivity contribution in [1.82, 2.24) is 9.97 Å². The van der Waals surface area contributed by atoms with Gasteiger partial charge in [0.05, 0.1) is 28.1 Å². The number of halogens is 2. The second-order valence-electron chi connectivity index (χ2n) is 4.44. The van der Waals surface area contributed by atoms with Gasteiger partial charge in [0, 0.05) is 18.9 Å². The fourth-order valence-corrected chi connectivity index (χ4v) is 2.67. The van der Waals surface area contributed by atoms with Gasteiger partial charge in [-0.2, -0.15) is 0 Å². The van der Waals surface area contributed by atoms with E-state index < -0.39 is 0 Å². The number of aromatic nitrogens is 2. The molecule has 2 rings (SSSR count). The van der Waals surface area contributed by atoms with E-state index in [0.717, 1.165) is 11.8 Å². The summed E-state index contributed by atoms with van der Waals surface area (Å²) < 4.78 is 4.94. The molecule has 1 aromatic heterocycles. The highest BCUT2D eigenvalue weighted by Crippen LogP contribution is 2.25. The van der Waals surface area contributed by atoms with Crippen LogP contribution in [0.1, 0.15) is 5.69 Å². The van der Waals surface area contributed by atoms with Gasteiger partial charge in [-0.25, -0.2) is 4.98 Å². The second kappa shape index (κ2) is 8.35. The normalized spacial score (nSPS) is 10.6. The van der Waals surface area contributed by atoms with Crippen LogP contribution in [0.2, 0.25) is 10.0 Å². The Labute approximate surface area is 146 Å². The molecule has 0 radical (unpaired) electrons. The molecule has 0 aliphatic carbocycles. The van der Waals surface area contributed by atoms with Crippen molar-refractivity contribution in [2.24, 2.45) is 0 Å².